The van der Waals surface area contributed by atoms with Crippen molar-refractivity contribution in [3.8, 4) is 0 Å². The maximum Gasteiger partial charge on any atom is 0.160 e. The molecule has 1 aromatic carbocycles. The Balaban J connectivity index is 0. The lowest BCUT2D eigenvalue weighted by atomic mass is 10.0. The number of hydrogen-bond donors (Lipinski definition) is 0. The average Bonchev–Trinajstić information content (AvgIpc) is 2.39. The summed E-state index contributed by atoms with van der Waals surface area (Å²) in [6, 6.07) is 7.74. The van der Waals surface area contributed by atoms with Gasteiger partial charge in [0.05, 0.1) is 0 Å². The largest absolute Gasteiger partial charge is 0.295 e. The fourth-order valence-corrected chi connectivity index (χ4v) is 1.17. The molecule has 0 amide bonds. The summed E-state index contributed by atoms with van der Waals surface area (Å²) in [4.78, 5) is 11.0. The number of benzene rings is 1. The minimum absolute atomic E-state index is 0.155. The number of rotatable bonds is 3. The smallest absolute Gasteiger partial charge is 0.160 e. The summed E-state index contributed by atoms with van der Waals surface area (Å²) in [7, 11) is 0. The van der Waals surface area contributed by atoms with Crippen LogP contribution < -0.4 is 0 Å². The Kier molecular flexibility index (Phi) is 14.9. The molecule has 1 nitrogen and oxygen atoms in total. The first kappa shape index (κ1) is 19.2. The lowest BCUT2D eigenvalue weighted by Crippen LogP contribution is -1.97. The molecule has 1 aromatic rings. The van der Waals surface area contributed by atoms with Gasteiger partial charge in [-0.15, -0.1) is 0 Å². The fourth-order valence-electron chi connectivity index (χ4n) is 1.17. The molecule has 0 unspecified atom stereocenters. The first-order chi connectivity index (χ1) is 8.58. The second-order valence-corrected chi connectivity index (χ2v) is 4.27. The molecule has 0 N–H and O–H groups in total. The zero-order valence-electron chi connectivity index (χ0n) is 13.0. The molecule has 0 aliphatic heterocycles. The highest BCUT2D eigenvalue weighted by molar-refractivity contribution is 5.95. The lowest BCUT2D eigenvalue weighted by Gasteiger charge is -2.01. The van der Waals surface area contributed by atoms with Crippen LogP contribution in [-0.4, -0.2) is 5.78 Å². The third kappa shape index (κ3) is 10.1. The molecule has 104 valence electrons. The van der Waals surface area contributed by atoms with Gasteiger partial charge >= 0.3 is 0 Å². The van der Waals surface area contributed by atoms with Crippen LogP contribution in [0.5, 0.6) is 0 Å². The van der Waals surface area contributed by atoms with E-state index < -0.39 is 0 Å². The summed E-state index contributed by atoms with van der Waals surface area (Å²) in [5, 5.41) is 0. The van der Waals surface area contributed by atoms with Gasteiger partial charge in [0, 0.05) is 5.56 Å². The molecular weight excluding hydrogens is 220 g/mol. The van der Waals surface area contributed by atoms with Crippen LogP contribution in [0, 0.1) is 0 Å². The standard InChI is InChI=1S/C10H12O.C4H10.C3H8/c1-3-9-6-4-5-7-10(9)8(2)11;1-3-4-2;1-3-2/h4-7H,3H2,1-2H3;3-4H2,1-2H3;3H2,1-2H3. The molecule has 0 bridgehead atoms. The summed E-state index contributed by atoms with van der Waals surface area (Å²) >= 11 is 0. The van der Waals surface area contributed by atoms with Gasteiger partial charge in [0.1, 0.15) is 0 Å². The van der Waals surface area contributed by atoms with E-state index in [0.29, 0.717) is 0 Å². The first-order valence-electron chi connectivity index (χ1n) is 7.17. The van der Waals surface area contributed by atoms with Gasteiger partial charge in [0.25, 0.3) is 0 Å². The molecule has 0 aliphatic rings. The molecule has 18 heavy (non-hydrogen) atoms. The van der Waals surface area contributed by atoms with E-state index in [2.05, 4.69) is 34.6 Å². The third-order valence-electron chi connectivity index (χ3n) is 2.28. The van der Waals surface area contributed by atoms with Crippen molar-refractivity contribution in [1.29, 1.82) is 0 Å². The van der Waals surface area contributed by atoms with E-state index in [1.54, 1.807) is 6.92 Å². The van der Waals surface area contributed by atoms with Crippen molar-refractivity contribution in [3.05, 3.63) is 35.4 Å². The van der Waals surface area contributed by atoms with Crippen molar-refractivity contribution >= 4 is 5.78 Å². The predicted octanol–water partition coefficient (Wildman–Crippen LogP) is 5.67. The van der Waals surface area contributed by atoms with Gasteiger partial charge in [-0.2, -0.15) is 0 Å². The van der Waals surface area contributed by atoms with Gasteiger partial charge in [0.15, 0.2) is 5.78 Å². The van der Waals surface area contributed by atoms with E-state index >= 15 is 0 Å². The number of ketones is 1. The predicted molar refractivity (Wildman–Crippen MR) is 82.4 cm³/mol. The van der Waals surface area contributed by atoms with Crippen molar-refractivity contribution in [3.63, 3.8) is 0 Å². The van der Waals surface area contributed by atoms with Crippen LogP contribution >= 0.6 is 0 Å². The van der Waals surface area contributed by atoms with E-state index in [0.717, 1.165) is 17.5 Å². The number of hydrogen-bond acceptors (Lipinski definition) is 1. The summed E-state index contributed by atoms with van der Waals surface area (Å²) in [5.74, 6) is 0.155. The van der Waals surface area contributed by atoms with Crippen LogP contribution in [0.15, 0.2) is 24.3 Å². The number of aryl methyl sites for hydroxylation is 1. The zero-order valence-corrected chi connectivity index (χ0v) is 13.0. The van der Waals surface area contributed by atoms with E-state index in [9.17, 15) is 4.79 Å². The van der Waals surface area contributed by atoms with Gasteiger partial charge in [-0.3, -0.25) is 4.79 Å². The molecular formula is C17H30O. The van der Waals surface area contributed by atoms with Crippen molar-refractivity contribution in [2.24, 2.45) is 0 Å². The van der Waals surface area contributed by atoms with Gasteiger partial charge in [-0.1, -0.05) is 78.1 Å². The Hall–Kier alpha value is -1.11. The third-order valence-corrected chi connectivity index (χ3v) is 2.28. The number of Topliss-reactive ketones (excluding diaryl/α,β-unsaturated/α-hetero) is 1. The maximum absolute atomic E-state index is 11.0. The molecule has 0 radical (unpaired) electrons. The maximum atomic E-state index is 11.0. The fraction of sp³-hybridized carbons (Fsp3) is 0.588. The Morgan fingerprint density at radius 1 is 0.944 bits per heavy atom. The Labute approximate surface area is 114 Å². The summed E-state index contributed by atoms with van der Waals surface area (Å²) in [6.07, 6.45) is 4.82. The Morgan fingerprint density at radius 2 is 1.39 bits per heavy atom. The van der Waals surface area contributed by atoms with E-state index in [1.807, 2.05) is 24.3 Å². The average molecular weight is 250 g/mol. The van der Waals surface area contributed by atoms with Crippen LogP contribution in [0.3, 0.4) is 0 Å². The minimum Gasteiger partial charge on any atom is -0.295 e. The van der Waals surface area contributed by atoms with Crippen molar-refractivity contribution in [2.45, 2.75) is 67.2 Å². The summed E-state index contributed by atoms with van der Waals surface area (Å²) in [6.45, 7) is 12.3. The SMILES string of the molecule is CCC.CCCC.CCc1ccccc1C(C)=O. The summed E-state index contributed by atoms with van der Waals surface area (Å²) in [5.41, 5.74) is 2.00. The Morgan fingerprint density at radius 3 is 1.67 bits per heavy atom. The van der Waals surface area contributed by atoms with Crippen LogP contribution in [0.1, 0.15) is 76.7 Å². The first-order valence-corrected chi connectivity index (χ1v) is 7.17. The molecule has 1 heteroatoms. The quantitative estimate of drug-likeness (QED) is 0.631. The van der Waals surface area contributed by atoms with Gasteiger partial charge in [-0.25, -0.2) is 0 Å². The van der Waals surface area contributed by atoms with Crippen LogP contribution in [0.2, 0.25) is 0 Å². The molecule has 0 fully saturated rings. The molecule has 1 rings (SSSR count). The highest BCUT2D eigenvalue weighted by Gasteiger charge is 2.02. The molecule has 0 aliphatic carbocycles. The van der Waals surface area contributed by atoms with Crippen LogP contribution in [0.4, 0.5) is 0 Å². The normalized spacial score (nSPS) is 8.56. The topological polar surface area (TPSA) is 17.1 Å². The Bertz CT molecular complexity index is 300. The van der Waals surface area contributed by atoms with Crippen molar-refractivity contribution < 1.29 is 4.79 Å². The molecule has 0 atom stereocenters. The summed E-state index contributed by atoms with van der Waals surface area (Å²) < 4.78 is 0. The van der Waals surface area contributed by atoms with Crippen LogP contribution in [-0.2, 0) is 6.42 Å². The van der Waals surface area contributed by atoms with Crippen molar-refractivity contribution in [2.75, 3.05) is 0 Å². The minimum atomic E-state index is 0.155. The number of carbonyl (C=O) groups is 1. The monoisotopic (exact) mass is 250 g/mol. The van der Waals surface area contributed by atoms with Gasteiger partial charge < -0.3 is 0 Å². The van der Waals surface area contributed by atoms with Gasteiger partial charge in [-0.05, 0) is 18.9 Å². The van der Waals surface area contributed by atoms with E-state index in [-0.39, 0.29) is 5.78 Å². The highest BCUT2D eigenvalue weighted by Crippen LogP contribution is 2.09. The van der Waals surface area contributed by atoms with Crippen LogP contribution in [0.25, 0.3) is 0 Å². The molecule has 0 aromatic heterocycles. The molecule has 0 heterocycles. The molecule has 0 saturated carbocycles. The number of unbranched alkanes of at least 4 members (excludes halogenated alkanes) is 1. The lowest BCUT2D eigenvalue weighted by molar-refractivity contribution is 0.101. The zero-order chi connectivity index (χ0) is 14.4. The van der Waals surface area contributed by atoms with Crippen molar-refractivity contribution in [1.82, 2.24) is 0 Å². The highest BCUT2D eigenvalue weighted by atomic mass is 16.1. The second kappa shape index (κ2) is 14.0. The molecule has 0 spiro atoms. The van der Waals surface area contributed by atoms with Gasteiger partial charge in [0.2, 0.25) is 0 Å². The second-order valence-electron chi connectivity index (χ2n) is 4.27. The van der Waals surface area contributed by atoms with E-state index in [4.69, 9.17) is 0 Å². The molecule has 0 saturated heterocycles. The van der Waals surface area contributed by atoms with E-state index in [1.165, 1.54) is 19.3 Å². The number of carbonyl (C=O) groups excluding carboxylic acids is 1.